The van der Waals surface area contributed by atoms with Crippen molar-refractivity contribution in [1.29, 1.82) is 0 Å². The normalized spacial score (nSPS) is 11.9. The van der Waals surface area contributed by atoms with Crippen LogP contribution in [-0.4, -0.2) is 62.0 Å². The first kappa shape index (κ1) is 28.1. The summed E-state index contributed by atoms with van der Waals surface area (Å²) >= 11 is 0. The Morgan fingerprint density at radius 2 is 1.72 bits per heavy atom. The van der Waals surface area contributed by atoms with Crippen molar-refractivity contribution >= 4 is 51.9 Å². The first-order valence-corrected chi connectivity index (χ1v) is 11.7. The van der Waals surface area contributed by atoms with Crippen LogP contribution < -0.4 is 9.50 Å². The monoisotopic (exact) mass is 435 g/mol. The molecule has 1 N–H and O–H groups in total. The number of aldehydes is 1. The quantitative estimate of drug-likeness (QED) is 0.186. The number of hydrogen-bond donors (Lipinski definition) is 1. The topological polar surface area (TPSA) is 89.5 Å². The summed E-state index contributed by atoms with van der Waals surface area (Å²) in [6, 6.07) is 8.28. The molecule has 0 aliphatic carbocycles. The molecule has 0 radical (unpaired) electrons. The molecule has 29 heavy (non-hydrogen) atoms. The predicted octanol–water partition coefficient (Wildman–Crippen LogP) is 3.35. The molecule has 0 saturated carbocycles. The van der Waals surface area contributed by atoms with Gasteiger partial charge in [0.15, 0.2) is 0 Å². The summed E-state index contributed by atoms with van der Waals surface area (Å²) in [6.07, 6.45) is 8.33. The van der Waals surface area contributed by atoms with E-state index in [-0.39, 0.29) is 67.0 Å². The van der Waals surface area contributed by atoms with Crippen molar-refractivity contribution in [3.8, 4) is 5.75 Å². The zero-order valence-electron chi connectivity index (χ0n) is 16.8. The second-order valence-electron chi connectivity index (χ2n) is 6.91. The van der Waals surface area contributed by atoms with E-state index in [0.29, 0.717) is 12.7 Å². The van der Waals surface area contributed by atoms with E-state index in [9.17, 15) is 18.0 Å². The van der Waals surface area contributed by atoms with Crippen LogP contribution in [0.1, 0.15) is 71.1 Å². The molecule has 0 aliphatic rings. The van der Waals surface area contributed by atoms with Gasteiger partial charge in [0, 0.05) is 19.4 Å². The fraction of sp³-hybridized carbons (Fsp3) is 0.619. The van der Waals surface area contributed by atoms with E-state index in [1.54, 1.807) is 30.3 Å². The zero-order chi connectivity index (χ0) is 20.7. The minimum absolute atomic E-state index is 0. The van der Waals surface area contributed by atoms with E-state index in [2.05, 4.69) is 12.2 Å². The summed E-state index contributed by atoms with van der Waals surface area (Å²) in [5.41, 5.74) is 0. The van der Waals surface area contributed by atoms with Gasteiger partial charge in [0.25, 0.3) is 0 Å². The number of benzene rings is 1. The van der Waals surface area contributed by atoms with Gasteiger partial charge in [0.2, 0.25) is 5.91 Å². The van der Waals surface area contributed by atoms with Gasteiger partial charge in [0.1, 0.15) is 12.0 Å². The Balaban J connectivity index is 0.00000784. The molecular formula is C21H34NNaO5S. The Morgan fingerprint density at radius 1 is 1.07 bits per heavy atom. The van der Waals surface area contributed by atoms with Gasteiger partial charge in [-0.2, -0.15) is 8.42 Å². The minimum atomic E-state index is -3.89. The SMILES string of the molecule is CCCCCCCCC(=O)NCCC(CCC=O)S(=O)(=O)Oc1ccccc1.[NaH]. The van der Waals surface area contributed by atoms with Gasteiger partial charge in [-0.25, -0.2) is 0 Å². The summed E-state index contributed by atoms with van der Waals surface area (Å²) in [6.45, 7) is 2.41. The molecule has 6 nitrogen and oxygen atoms in total. The number of amides is 1. The molecule has 0 aromatic heterocycles. The number of carbonyl (C=O) groups excluding carboxylic acids is 2. The van der Waals surface area contributed by atoms with Crippen LogP contribution in [0.25, 0.3) is 0 Å². The van der Waals surface area contributed by atoms with E-state index in [0.717, 1.165) is 19.3 Å². The Hall–Kier alpha value is -0.890. The fourth-order valence-corrected chi connectivity index (χ4v) is 4.24. The van der Waals surface area contributed by atoms with Crippen molar-refractivity contribution in [3.63, 3.8) is 0 Å². The van der Waals surface area contributed by atoms with Crippen LogP contribution in [0.3, 0.4) is 0 Å². The molecule has 1 rings (SSSR count). The van der Waals surface area contributed by atoms with Crippen LogP contribution in [0.15, 0.2) is 30.3 Å². The molecule has 0 aliphatic heterocycles. The van der Waals surface area contributed by atoms with Gasteiger partial charge in [-0.1, -0.05) is 57.2 Å². The molecule has 160 valence electrons. The molecule has 0 saturated heterocycles. The summed E-state index contributed by atoms with van der Waals surface area (Å²) in [7, 11) is -3.89. The van der Waals surface area contributed by atoms with Gasteiger partial charge in [-0.05, 0) is 31.4 Å². The second-order valence-corrected chi connectivity index (χ2v) is 8.73. The van der Waals surface area contributed by atoms with Crippen molar-refractivity contribution in [2.75, 3.05) is 6.54 Å². The number of para-hydroxylation sites is 1. The van der Waals surface area contributed by atoms with Crippen LogP contribution in [-0.2, 0) is 19.7 Å². The number of hydrogen-bond acceptors (Lipinski definition) is 5. The van der Waals surface area contributed by atoms with Crippen LogP contribution in [0.5, 0.6) is 5.75 Å². The average Bonchev–Trinajstić information content (AvgIpc) is 2.67. The fourth-order valence-electron chi connectivity index (χ4n) is 2.89. The number of rotatable bonds is 16. The summed E-state index contributed by atoms with van der Waals surface area (Å²) in [5, 5.41) is 1.94. The van der Waals surface area contributed by atoms with Crippen molar-refractivity contribution in [2.45, 2.75) is 76.4 Å². The summed E-state index contributed by atoms with van der Waals surface area (Å²) in [5.74, 6) is 0.178. The number of unbranched alkanes of at least 4 members (excludes halogenated alkanes) is 5. The zero-order valence-corrected chi connectivity index (χ0v) is 17.6. The molecular weight excluding hydrogens is 401 g/mol. The van der Waals surface area contributed by atoms with Crippen LogP contribution in [0.2, 0.25) is 0 Å². The number of carbonyl (C=O) groups is 2. The van der Waals surface area contributed by atoms with E-state index in [1.807, 2.05) is 0 Å². The molecule has 0 heterocycles. The Bertz CT molecular complexity index is 667. The molecule has 0 bridgehead atoms. The van der Waals surface area contributed by atoms with E-state index < -0.39 is 15.4 Å². The third-order valence-corrected chi connectivity index (χ3v) is 6.23. The Morgan fingerprint density at radius 3 is 2.38 bits per heavy atom. The molecule has 1 amide bonds. The van der Waals surface area contributed by atoms with Crippen LogP contribution in [0.4, 0.5) is 0 Å². The first-order valence-electron chi connectivity index (χ1n) is 10.2. The van der Waals surface area contributed by atoms with Gasteiger partial charge in [-0.15, -0.1) is 0 Å². The standard InChI is InChI=1S/C21H33NO5S.Na.H/c1-2-3-4-5-6-10-15-21(24)22-17-16-20(14-11-18-23)28(25,26)27-19-12-8-7-9-13-19;;/h7-9,12-13,18,20H,2-6,10-11,14-17H2,1H3,(H,22,24);;. The van der Waals surface area contributed by atoms with Gasteiger partial charge in [-0.3, -0.25) is 4.79 Å². The van der Waals surface area contributed by atoms with Gasteiger partial charge >= 0.3 is 39.7 Å². The van der Waals surface area contributed by atoms with Crippen LogP contribution >= 0.6 is 0 Å². The molecule has 1 unspecified atom stereocenters. The first-order chi connectivity index (χ1) is 13.5. The maximum absolute atomic E-state index is 12.5. The van der Waals surface area contributed by atoms with Crippen molar-refractivity contribution in [2.24, 2.45) is 0 Å². The Labute approximate surface area is 197 Å². The van der Waals surface area contributed by atoms with Crippen molar-refractivity contribution in [3.05, 3.63) is 30.3 Å². The van der Waals surface area contributed by atoms with E-state index in [1.165, 1.54) is 19.3 Å². The summed E-state index contributed by atoms with van der Waals surface area (Å²) in [4.78, 5) is 22.6. The predicted molar refractivity (Wildman–Crippen MR) is 118 cm³/mol. The Kier molecular flexibility index (Phi) is 16.3. The molecule has 1 atom stereocenters. The molecule has 1 aromatic rings. The third kappa shape index (κ3) is 13.1. The maximum atomic E-state index is 12.5. The number of nitrogens with one attached hydrogen (secondary N) is 1. The van der Waals surface area contributed by atoms with Crippen LogP contribution in [0, 0.1) is 0 Å². The molecule has 0 fully saturated rings. The van der Waals surface area contributed by atoms with E-state index in [4.69, 9.17) is 4.18 Å². The average molecular weight is 436 g/mol. The summed E-state index contributed by atoms with van der Waals surface area (Å²) < 4.78 is 30.2. The second kappa shape index (κ2) is 16.9. The van der Waals surface area contributed by atoms with E-state index >= 15 is 0 Å². The van der Waals surface area contributed by atoms with Crippen molar-refractivity contribution < 1.29 is 22.2 Å². The molecule has 8 heteroatoms. The van der Waals surface area contributed by atoms with Gasteiger partial charge in [0.05, 0.1) is 5.25 Å². The molecule has 1 aromatic carbocycles. The molecule has 0 spiro atoms. The van der Waals surface area contributed by atoms with Crippen molar-refractivity contribution in [1.82, 2.24) is 5.32 Å². The third-order valence-electron chi connectivity index (χ3n) is 4.52. The van der Waals surface area contributed by atoms with Gasteiger partial charge < -0.3 is 14.3 Å².